The molecule has 3 aliphatic rings. The van der Waals surface area contributed by atoms with Crippen molar-refractivity contribution in [3.05, 3.63) is 64.1 Å². The first-order chi connectivity index (χ1) is 19.7. The van der Waals surface area contributed by atoms with E-state index in [1.807, 2.05) is 0 Å². The number of hydrogen-bond acceptors (Lipinski definition) is 7. The number of halogens is 3. The van der Waals surface area contributed by atoms with Gasteiger partial charge in [0, 0.05) is 24.1 Å². The maximum absolute atomic E-state index is 13.2. The van der Waals surface area contributed by atoms with Crippen molar-refractivity contribution >= 4 is 45.5 Å². The molecular formula is C27H26F3N5O6S. The second-order valence-corrected chi connectivity index (χ2v) is 12.0. The number of carbonyl (C=O) groups is 3. The topological polar surface area (TPSA) is 137 Å². The summed E-state index contributed by atoms with van der Waals surface area (Å²) in [6.45, 7) is 3.39. The molecule has 1 spiro atoms. The Bertz CT molecular complexity index is 1610. The van der Waals surface area contributed by atoms with E-state index in [0.717, 1.165) is 22.4 Å². The molecule has 11 nitrogen and oxygen atoms in total. The lowest BCUT2D eigenvalue weighted by Gasteiger charge is -2.34. The van der Waals surface area contributed by atoms with Crippen LogP contribution in [0, 0.1) is 13.8 Å². The van der Waals surface area contributed by atoms with Crippen molar-refractivity contribution in [3.8, 4) is 5.75 Å². The first-order valence-electron chi connectivity index (χ1n) is 12.9. The van der Waals surface area contributed by atoms with Crippen LogP contribution in [0.4, 0.5) is 23.7 Å². The summed E-state index contributed by atoms with van der Waals surface area (Å²) < 4.78 is 69.3. The highest BCUT2D eigenvalue weighted by Crippen LogP contribution is 2.33. The van der Waals surface area contributed by atoms with Gasteiger partial charge in [0.15, 0.2) is 0 Å². The Morgan fingerprint density at radius 2 is 1.71 bits per heavy atom. The molecule has 0 aromatic heterocycles. The van der Waals surface area contributed by atoms with Gasteiger partial charge >= 0.3 is 12.4 Å². The van der Waals surface area contributed by atoms with Crippen LogP contribution in [0.3, 0.4) is 0 Å². The highest BCUT2D eigenvalue weighted by atomic mass is 32.2. The standard InChI is InChI=1S/C27H26F3N5O6S/c1-16-12-19(35-22(36)15-31-25(35)38)13-17(2)21(16)6-11-42(39,40)34-9-7-26(8-10-34)24(37)32-23(33-26)18-4-3-5-20(14-18)41-27(28,29)30/h3-6,11-14H,7-10,15H2,1-2H3,(H,31,38)(H,32,33,37). The first-order valence-corrected chi connectivity index (χ1v) is 14.4. The number of ether oxygens (including phenoxy) is 1. The number of hydrogen-bond donors (Lipinski definition) is 2. The number of anilines is 1. The molecule has 222 valence electrons. The van der Waals surface area contributed by atoms with Crippen molar-refractivity contribution < 1.29 is 40.7 Å². The number of amides is 4. The average Bonchev–Trinajstić information content (AvgIpc) is 3.40. The molecule has 4 amide bonds. The van der Waals surface area contributed by atoms with Gasteiger partial charge in [0.25, 0.3) is 11.8 Å². The Hall–Kier alpha value is -4.24. The number of imide groups is 1. The normalized spacial score (nSPS) is 19.4. The van der Waals surface area contributed by atoms with Crippen molar-refractivity contribution in [2.75, 3.05) is 24.5 Å². The Balaban J connectivity index is 1.29. The van der Waals surface area contributed by atoms with Crippen molar-refractivity contribution in [2.24, 2.45) is 4.99 Å². The number of alkyl halides is 3. The number of benzene rings is 2. The first kappa shape index (κ1) is 29.3. The van der Waals surface area contributed by atoms with Gasteiger partial charge in [-0.05, 0) is 73.7 Å². The molecule has 2 fully saturated rings. The minimum atomic E-state index is -4.87. The van der Waals surface area contributed by atoms with Gasteiger partial charge in [-0.25, -0.2) is 18.1 Å². The van der Waals surface area contributed by atoms with E-state index < -0.39 is 39.6 Å². The van der Waals surface area contributed by atoms with E-state index in [-0.39, 0.29) is 49.8 Å². The third kappa shape index (κ3) is 5.74. The maximum atomic E-state index is 13.2. The van der Waals surface area contributed by atoms with Crippen LogP contribution in [-0.4, -0.2) is 67.9 Å². The van der Waals surface area contributed by atoms with Gasteiger partial charge in [-0.15, -0.1) is 13.2 Å². The van der Waals surface area contributed by atoms with Crippen LogP contribution >= 0.6 is 0 Å². The SMILES string of the molecule is Cc1cc(N2C(=O)CNC2=O)cc(C)c1C=CS(=O)(=O)N1CCC2(CC1)N=C(c1cccc(OC(F)(F)F)c1)NC2=O. The van der Waals surface area contributed by atoms with Crippen LogP contribution in [0.1, 0.15) is 35.1 Å². The monoisotopic (exact) mass is 605 g/mol. The number of aryl methyl sites for hydroxylation is 2. The predicted molar refractivity (Wildman–Crippen MR) is 146 cm³/mol. The van der Waals surface area contributed by atoms with Gasteiger partial charge in [0.2, 0.25) is 10.0 Å². The van der Waals surface area contributed by atoms with E-state index in [1.165, 1.54) is 22.5 Å². The molecule has 5 rings (SSSR count). The van der Waals surface area contributed by atoms with Crippen LogP contribution in [0.5, 0.6) is 5.75 Å². The number of urea groups is 1. The largest absolute Gasteiger partial charge is 0.573 e. The van der Waals surface area contributed by atoms with Gasteiger partial charge in [-0.1, -0.05) is 12.1 Å². The van der Waals surface area contributed by atoms with Gasteiger partial charge < -0.3 is 15.4 Å². The highest BCUT2D eigenvalue weighted by Gasteiger charge is 2.47. The molecule has 2 aromatic carbocycles. The average molecular weight is 606 g/mol. The zero-order chi connectivity index (χ0) is 30.4. The Morgan fingerprint density at radius 1 is 1.05 bits per heavy atom. The number of aliphatic imine (C=N–C) groups is 1. The number of piperidine rings is 1. The molecule has 3 aliphatic heterocycles. The summed E-state index contributed by atoms with van der Waals surface area (Å²) in [6.07, 6.45) is -3.27. The van der Waals surface area contributed by atoms with E-state index in [9.17, 15) is 36.0 Å². The molecule has 0 radical (unpaired) electrons. The molecule has 0 aliphatic carbocycles. The minimum Gasteiger partial charge on any atom is -0.406 e. The zero-order valence-electron chi connectivity index (χ0n) is 22.5. The predicted octanol–water partition coefficient (Wildman–Crippen LogP) is 2.97. The van der Waals surface area contributed by atoms with E-state index in [4.69, 9.17) is 0 Å². The molecule has 0 saturated carbocycles. The number of sulfonamides is 1. The summed E-state index contributed by atoms with van der Waals surface area (Å²) >= 11 is 0. The molecule has 3 heterocycles. The van der Waals surface area contributed by atoms with Gasteiger partial charge in [-0.3, -0.25) is 14.6 Å². The molecule has 15 heteroatoms. The molecule has 42 heavy (non-hydrogen) atoms. The van der Waals surface area contributed by atoms with Gasteiger partial charge in [0.1, 0.15) is 17.1 Å². The Morgan fingerprint density at radius 3 is 2.31 bits per heavy atom. The number of amidine groups is 1. The number of carbonyl (C=O) groups excluding carboxylic acids is 3. The van der Waals surface area contributed by atoms with Crippen molar-refractivity contribution in [3.63, 3.8) is 0 Å². The van der Waals surface area contributed by atoms with Crippen LogP contribution in [-0.2, 0) is 19.6 Å². The number of rotatable bonds is 6. The fourth-order valence-corrected chi connectivity index (χ4v) is 6.38. The van der Waals surface area contributed by atoms with Crippen LogP contribution in [0.15, 0.2) is 46.8 Å². The number of nitrogens with zero attached hydrogens (tertiary/aromatic N) is 3. The fourth-order valence-electron chi connectivity index (χ4n) is 5.21. The van der Waals surface area contributed by atoms with Crippen molar-refractivity contribution in [1.29, 1.82) is 0 Å². The maximum Gasteiger partial charge on any atom is 0.573 e. The zero-order valence-corrected chi connectivity index (χ0v) is 23.3. The summed E-state index contributed by atoms with van der Waals surface area (Å²) in [5.41, 5.74) is 1.32. The molecule has 2 saturated heterocycles. The summed E-state index contributed by atoms with van der Waals surface area (Å²) in [5.74, 6) is -1.21. The van der Waals surface area contributed by atoms with E-state index in [1.54, 1.807) is 26.0 Å². The molecule has 0 bridgehead atoms. The third-order valence-corrected chi connectivity index (χ3v) is 8.88. The quantitative estimate of drug-likeness (QED) is 0.486. The highest BCUT2D eigenvalue weighted by molar-refractivity contribution is 7.92. The second-order valence-electron chi connectivity index (χ2n) is 10.1. The lowest BCUT2D eigenvalue weighted by Crippen LogP contribution is -2.50. The van der Waals surface area contributed by atoms with Crippen molar-refractivity contribution in [1.82, 2.24) is 14.9 Å². The van der Waals surface area contributed by atoms with E-state index in [2.05, 4.69) is 20.4 Å². The second kappa shape index (κ2) is 10.5. The number of nitrogens with one attached hydrogen (secondary N) is 2. The third-order valence-electron chi connectivity index (χ3n) is 7.32. The summed E-state index contributed by atoms with van der Waals surface area (Å²) in [5, 5.41) is 6.14. The van der Waals surface area contributed by atoms with Crippen LogP contribution in [0.25, 0.3) is 6.08 Å². The lowest BCUT2D eigenvalue weighted by atomic mass is 9.89. The Labute approximate surface area is 239 Å². The van der Waals surface area contributed by atoms with Crippen LogP contribution < -0.4 is 20.3 Å². The molecule has 0 atom stereocenters. The summed E-state index contributed by atoms with van der Waals surface area (Å²) in [6, 6.07) is 7.81. The summed E-state index contributed by atoms with van der Waals surface area (Å²) in [7, 11) is -3.89. The van der Waals surface area contributed by atoms with Gasteiger partial charge in [0.05, 0.1) is 12.2 Å². The molecular weight excluding hydrogens is 579 g/mol. The Kier molecular flexibility index (Phi) is 7.35. The lowest BCUT2D eigenvalue weighted by molar-refractivity contribution is -0.274. The van der Waals surface area contributed by atoms with E-state index >= 15 is 0 Å². The smallest absolute Gasteiger partial charge is 0.406 e. The minimum absolute atomic E-state index is 0.00279. The molecule has 2 N–H and O–H groups in total. The van der Waals surface area contributed by atoms with Crippen LogP contribution in [0.2, 0.25) is 0 Å². The van der Waals surface area contributed by atoms with Gasteiger partial charge in [-0.2, -0.15) is 4.31 Å². The van der Waals surface area contributed by atoms with Crippen molar-refractivity contribution in [2.45, 2.75) is 38.6 Å². The molecule has 2 aromatic rings. The van der Waals surface area contributed by atoms with E-state index in [0.29, 0.717) is 22.4 Å². The fraction of sp³-hybridized carbons (Fsp3) is 0.333. The summed E-state index contributed by atoms with van der Waals surface area (Å²) in [4.78, 5) is 42.5. The molecule has 0 unspecified atom stereocenters.